The molecule has 1 N–H and O–H groups in total. The van der Waals surface area contributed by atoms with Gasteiger partial charge >= 0.3 is 5.97 Å². The Morgan fingerprint density at radius 2 is 2.00 bits per heavy atom. The normalized spacial score (nSPS) is 11.9. The van der Waals surface area contributed by atoms with Crippen LogP contribution < -0.4 is 4.74 Å². The number of carbonyl (C=O) groups excluding carboxylic acids is 1. The van der Waals surface area contributed by atoms with Gasteiger partial charge in [0.25, 0.3) is 0 Å². The molecular formula is C12H16O5. The summed E-state index contributed by atoms with van der Waals surface area (Å²) in [7, 11) is 0. The largest absolute Gasteiger partial charge is 0.508 e. The van der Waals surface area contributed by atoms with E-state index < -0.39 is 6.29 Å². The van der Waals surface area contributed by atoms with Crippen LogP contribution in [0.4, 0.5) is 0 Å². The van der Waals surface area contributed by atoms with Crippen LogP contribution in [0.25, 0.3) is 0 Å². The molecule has 1 aromatic carbocycles. The highest BCUT2D eigenvalue weighted by atomic mass is 16.7. The van der Waals surface area contributed by atoms with E-state index in [1.807, 2.05) is 6.92 Å². The van der Waals surface area contributed by atoms with Gasteiger partial charge in [-0.3, -0.25) is 4.79 Å². The Balaban J connectivity index is 2.53. The molecule has 17 heavy (non-hydrogen) atoms. The Morgan fingerprint density at radius 3 is 2.53 bits per heavy atom. The number of benzene rings is 1. The Labute approximate surface area is 99.9 Å². The van der Waals surface area contributed by atoms with E-state index in [-0.39, 0.29) is 18.3 Å². The molecule has 0 aliphatic heterocycles. The molecule has 0 fully saturated rings. The second-order valence-electron chi connectivity index (χ2n) is 3.30. The van der Waals surface area contributed by atoms with Gasteiger partial charge in [0.1, 0.15) is 11.5 Å². The number of phenolic OH excluding ortho intramolecular Hbond substituents is 1. The SMILES string of the molecule is CCOC(COC(C)=O)Oc1ccc(O)cc1. The summed E-state index contributed by atoms with van der Waals surface area (Å²) in [5, 5.41) is 9.11. The first kappa shape index (κ1) is 13.3. The first-order valence-electron chi connectivity index (χ1n) is 5.32. The maximum absolute atomic E-state index is 10.7. The minimum absolute atomic E-state index is 0.0318. The number of phenols is 1. The van der Waals surface area contributed by atoms with Gasteiger partial charge in [0.05, 0.1) is 0 Å². The summed E-state index contributed by atoms with van der Waals surface area (Å²) in [6.45, 7) is 3.62. The summed E-state index contributed by atoms with van der Waals surface area (Å²) in [4.78, 5) is 10.7. The molecule has 0 saturated carbocycles. The topological polar surface area (TPSA) is 65.0 Å². The van der Waals surface area contributed by atoms with E-state index in [4.69, 9.17) is 19.3 Å². The monoisotopic (exact) mass is 240 g/mol. The first-order chi connectivity index (χ1) is 8.11. The number of ether oxygens (including phenoxy) is 3. The molecule has 0 bridgehead atoms. The van der Waals surface area contributed by atoms with E-state index in [9.17, 15) is 4.79 Å². The molecule has 1 aromatic rings. The van der Waals surface area contributed by atoms with Gasteiger partial charge in [-0.05, 0) is 31.2 Å². The number of rotatable bonds is 6. The molecule has 0 saturated heterocycles. The van der Waals surface area contributed by atoms with Crippen molar-refractivity contribution in [1.82, 2.24) is 0 Å². The lowest BCUT2D eigenvalue weighted by Gasteiger charge is -2.18. The number of esters is 1. The second-order valence-corrected chi connectivity index (χ2v) is 3.30. The van der Waals surface area contributed by atoms with Crippen LogP contribution in [0.5, 0.6) is 11.5 Å². The number of hydrogen-bond donors (Lipinski definition) is 1. The fourth-order valence-electron chi connectivity index (χ4n) is 1.16. The molecule has 0 aliphatic carbocycles. The summed E-state index contributed by atoms with van der Waals surface area (Å²) in [5.41, 5.74) is 0. The predicted octanol–water partition coefficient (Wildman–Crippen LogP) is 1.70. The highest BCUT2D eigenvalue weighted by Crippen LogP contribution is 2.17. The van der Waals surface area contributed by atoms with Crippen molar-refractivity contribution in [3.63, 3.8) is 0 Å². The first-order valence-corrected chi connectivity index (χ1v) is 5.32. The lowest BCUT2D eigenvalue weighted by atomic mass is 10.3. The van der Waals surface area contributed by atoms with E-state index in [0.29, 0.717) is 12.4 Å². The maximum Gasteiger partial charge on any atom is 0.302 e. The number of hydrogen-bond acceptors (Lipinski definition) is 5. The van der Waals surface area contributed by atoms with Crippen LogP contribution >= 0.6 is 0 Å². The number of aromatic hydroxyl groups is 1. The molecule has 0 radical (unpaired) electrons. The molecule has 5 nitrogen and oxygen atoms in total. The van der Waals surface area contributed by atoms with Crippen LogP contribution in [0, 0.1) is 0 Å². The highest BCUT2D eigenvalue weighted by molar-refractivity contribution is 5.65. The summed E-state index contributed by atoms with van der Waals surface area (Å²) in [6, 6.07) is 6.22. The zero-order valence-electron chi connectivity index (χ0n) is 9.88. The highest BCUT2D eigenvalue weighted by Gasteiger charge is 2.12. The third-order valence-corrected chi connectivity index (χ3v) is 1.88. The van der Waals surface area contributed by atoms with Crippen LogP contribution in [-0.4, -0.2) is 30.6 Å². The molecule has 1 unspecified atom stereocenters. The van der Waals surface area contributed by atoms with Gasteiger partial charge in [0.2, 0.25) is 6.29 Å². The van der Waals surface area contributed by atoms with Crippen molar-refractivity contribution >= 4 is 5.97 Å². The van der Waals surface area contributed by atoms with Crippen molar-refractivity contribution in [3.8, 4) is 11.5 Å². The minimum atomic E-state index is -0.645. The standard InChI is InChI=1S/C12H16O5/c1-3-15-12(8-16-9(2)13)17-11-6-4-10(14)5-7-11/h4-7,12,14H,3,8H2,1-2H3. The van der Waals surface area contributed by atoms with Crippen LogP contribution in [0.2, 0.25) is 0 Å². The van der Waals surface area contributed by atoms with Crippen molar-refractivity contribution in [2.45, 2.75) is 20.1 Å². The van der Waals surface area contributed by atoms with Gasteiger partial charge in [-0.2, -0.15) is 0 Å². The maximum atomic E-state index is 10.7. The Hall–Kier alpha value is -1.75. The summed E-state index contributed by atoms with van der Waals surface area (Å²) >= 11 is 0. The van der Waals surface area contributed by atoms with Crippen LogP contribution in [0.1, 0.15) is 13.8 Å². The Morgan fingerprint density at radius 1 is 1.35 bits per heavy atom. The van der Waals surface area contributed by atoms with Crippen molar-refractivity contribution in [2.24, 2.45) is 0 Å². The average Bonchev–Trinajstić information content (AvgIpc) is 2.29. The third kappa shape index (κ3) is 5.21. The number of carbonyl (C=O) groups is 1. The van der Waals surface area contributed by atoms with Gasteiger partial charge < -0.3 is 19.3 Å². The fourth-order valence-corrected chi connectivity index (χ4v) is 1.16. The van der Waals surface area contributed by atoms with Crippen LogP contribution in [0.3, 0.4) is 0 Å². The smallest absolute Gasteiger partial charge is 0.302 e. The Bertz CT molecular complexity index is 346. The van der Waals surface area contributed by atoms with Gasteiger partial charge in [0, 0.05) is 13.5 Å². The van der Waals surface area contributed by atoms with Gasteiger partial charge in [-0.15, -0.1) is 0 Å². The molecule has 0 spiro atoms. The van der Waals surface area contributed by atoms with Gasteiger partial charge in [-0.1, -0.05) is 0 Å². The van der Waals surface area contributed by atoms with Gasteiger partial charge in [0.15, 0.2) is 6.61 Å². The van der Waals surface area contributed by atoms with E-state index in [1.165, 1.54) is 19.1 Å². The molecule has 94 valence electrons. The molecule has 0 heterocycles. The van der Waals surface area contributed by atoms with Crippen molar-refractivity contribution < 1.29 is 24.1 Å². The average molecular weight is 240 g/mol. The quantitative estimate of drug-likeness (QED) is 0.605. The second kappa shape index (κ2) is 6.75. The molecule has 1 atom stereocenters. The lowest BCUT2D eigenvalue weighted by Crippen LogP contribution is -2.27. The van der Waals surface area contributed by atoms with E-state index in [0.717, 1.165) is 0 Å². The van der Waals surface area contributed by atoms with Crippen LogP contribution in [0.15, 0.2) is 24.3 Å². The lowest BCUT2D eigenvalue weighted by molar-refractivity contribution is -0.157. The predicted molar refractivity (Wildman–Crippen MR) is 60.8 cm³/mol. The minimum Gasteiger partial charge on any atom is -0.508 e. The molecule has 5 heteroatoms. The van der Waals surface area contributed by atoms with E-state index in [1.54, 1.807) is 12.1 Å². The summed E-state index contributed by atoms with van der Waals surface area (Å²) in [5.74, 6) is 0.308. The van der Waals surface area contributed by atoms with Crippen LogP contribution in [-0.2, 0) is 14.3 Å². The van der Waals surface area contributed by atoms with Crippen molar-refractivity contribution in [2.75, 3.05) is 13.2 Å². The van der Waals surface area contributed by atoms with Gasteiger partial charge in [-0.25, -0.2) is 0 Å². The van der Waals surface area contributed by atoms with E-state index in [2.05, 4.69) is 0 Å². The summed E-state index contributed by atoms with van der Waals surface area (Å²) < 4.78 is 15.5. The molecule has 1 rings (SSSR count). The zero-order chi connectivity index (χ0) is 12.7. The summed E-state index contributed by atoms with van der Waals surface area (Å²) in [6.07, 6.45) is -0.645. The molecule has 0 amide bonds. The Kier molecular flexibility index (Phi) is 5.29. The van der Waals surface area contributed by atoms with E-state index >= 15 is 0 Å². The zero-order valence-corrected chi connectivity index (χ0v) is 9.88. The van der Waals surface area contributed by atoms with Crippen molar-refractivity contribution in [3.05, 3.63) is 24.3 Å². The molecule has 0 aliphatic rings. The third-order valence-electron chi connectivity index (χ3n) is 1.88. The molecular weight excluding hydrogens is 224 g/mol. The molecule has 0 aromatic heterocycles. The fraction of sp³-hybridized carbons (Fsp3) is 0.417. The van der Waals surface area contributed by atoms with Crippen molar-refractivity contribution in [1.29, 1.82) is 0 Å².